The van der Waals surface area contributed by atoms with Crippen molar-refractivity contribution < 1.29 is 23.1 Å². The Kier molecular flexibility index (Phi) is 7.67. The summed E-state index contributed by atoms with van der Waals surface area (Å²) in [5, 5.41) is 8.98. The Morgan fingerprint density at radius 2 is 1.92 bits per heavy atom. The highest BCUT2D eigenvalue weighted by atomic mass is 32.2. The van der Waals surface area contributed by atoms with Crippen LogP contribution in [0, 0.1) is 11.8 Å². The number of carbonyl (C=O) groups is 1. The SMILES string of the molecule is CC#CC(CC(=O)O)c1ccc(OCc2cccc(CN3Cc4cnc(S(C)(=O)=O)nc4C3)c2)cc1. The van der Waals surface area contributed by atoms with E-state index in [4.69, 9.17) is 9.84 Å². The molecule has 0 radical (unpaired) electrons. The average Bonchev–Trinajstić information content (AvgIpc) is 3.24. The Bertz CT molecular complexity index is 1430. The molecule has 1 unspecified atom stereocenters. The van der Waals surface area contributed by atoms with Gasteiger partial charge in [0.15, 0.2) is 0 Å². The number of hydrogen-bond donors (Lipinski definition) is 1. The van der Waals surface area contributed by atoms with Crippen molar-refractivity contribution in [1.82, 2.24) is 14.9 Å². The molecular formula is C27H27N3O5S. The second kappa shape index (κ2) is 10.9. The lowest BCUT2D eigenvalue weighted by Gasteiger charge is -2.15. The van der Waals surface area contributed by atoms with Crippen LogP contribution >= 0.6 is 0 Å². The summed E-state index contributed by atoms with van der Waals surface area (Å²) in [4.78, 5) is 21.5. The number of carboxylic acids is 1. The molecule has 8 nitrogen and oxygen atoms in total. The van der Waals surface area contributed by atoms with Crippen LogP contribution in [-0.4, -0.2) is 40.6 Å². The fourth-order valence-electron chi connectivity index (χ4n) is 4.13. The van der Waals surface area contributed by atoms with Crippen LogP contribution in [0.2, 0.25) is 0 Å². The van der Waals surface area contributed by atoms with Crippen molar-refractivity contribution in [1.29, 1.82) is 0 Å². The zero-order chi connectivity index (χ0) is 25.7. The molecule has 1 aliphatic rings. The van der Waals surface area contributed by atoms with Gasteiger partial charge in [0.25, 0.3) is 0 Å². The predicted molar refractivity (Wildman–Crippen MR) is 134 cm³/mol. The maximum Gasteiger partial charge on any atom is 0.304 e. The van der Waals surface area contributed by atoms with Crippen molar-refractivity contribution >= 4 is 15.8 Å². The van der Waals surface area contributed by atoms with E-state index in [1.54, 1.807) is 13.1 Å². The molecule has 2 aromatic carbocycles. The summed E-state index contributed by atoms with van der Waals surface area (Å²) in [6, 6.07) is 15.5. The molecule has 0 spiro atoms. The number of aliphatic carboxylic acids is 1. The lowest BCUT2D eigenvalue weighted by molar-refractivity contribution is -0.137. The van der Waals surface area contributed by atoms with Gasteiger partial charge in [0.1, 0.15) is 12.4 Å². The van der Waals surface area contributed by atoms with Gasteiger partial charge in [0.05, 0.1) is 18.0 Å². The smallest absolute Gasteiger partial charge is 0.304 e. The fourth-order valence-corrected chi connectivity index (χ4v) is 4.65. The van der Waals surface area contributed by atoms with Crippen LogP contribution in [0.3, 0.4) is 0 Å². The molecule has 3 aromatic rings. The van der Waals surface area contributed by atoms with E-state index in [1.807, 2.05) is 42.5 Å². The summed E-state index contributed by atoms with van der Waals surface area (Å²) in [6.07, 6.45) is 2.68. The van der Waals surface area contributed by atoms with E-state index in [1.165, 1.54) is 0 Å². The van der Waals surface area contributed by atoms with Gasteiger partial charge >= 0.3 is 5.97 Å². The van der Waals surface area contributed by atoms with Crippen molar-refractivity contribution in [2.75, 3.05) is 6.26 Å². The zero-order valence-electron chi connectivity index (χ0n) is 20.1. The molecule has 2 heterocycles. The van der Waals surface area contributed by atoms with Crippen molar-refractivity contribution in [3.05, 3.63) is 82.7 Å². The molecule has 1 aliphatic heterocycles. The summed E-state index contributed by atoms with van der Waals surface area (Å²) in [6.45, 7) is 4.02. The molecule has 0 aliphatic carbocycles. The molecule has 1 atom stereocenters. The number of nitrogens with zero attached hydrogens (tertiary/aromatic N) is 3. The number of fused-ring (bicyclic) bond motifs is 1. The van der Waals surface area contributed by atoms with E-state index in [0.29, 0.717) is 32.0 Å². The zero-order valence-corrected chi connectivity index (χ0v) is 21.0. The summed E-state index contributed by atoms with van der Waals surface area (Å²) < 4.78 is 29.4. The first kappa shape index (κ1) is 25.4. The monoisotopic (exact) mass is 505 g/mol. The second-order valence-corrected chi connectivity index (χ2v) is 10.7. The Morgan fingerprint density at radius 3 is 2.61 bits per heavy atom. The quantitative estimate of drug-likeness (QED) is 0.347. The minimum absolute atomic E-state index is 0.0403. The van der Waals surface area contributed by atoms with Gasteiger partial charge in [-0.05, 0) is 35.7 Å². The van der Waals surface area contributed by atoms with Gasteiger partial charge in [-0.15, -0.1) is 5.92 Å². The molecule has 9 heteroatoms. The van der Waals surface area contributed by atoms with Crippen molar-refractivity contribution in [2.45, 2.75) is 50.7 Å². The molecule has 0 saturated heterocycles. The molecular weight excluding hydrogens is 478 g/mol. The summed E-state index contributed by atoms with van der Waals surface area (Å²) in [7, 11) is -3.43. The third-order valence-corrected chi connectivity index (χ3v) is 6.67. The van der Waals surface area contributed by atoms with E-state index in [0.717, 1.165) is 34.2 Å². The average molecular weight is 506 g/mol. The van der Waals surface area contributed by atoms with Gasteiger partial charge in [-0.25, -0.2) is 18.4 Å². The van der Waals surface area contributed by atoms with E-state index < -0.39 is 15.8 Å². The Labute approximate surface area is 210 Å². The molecule has 186 valence electrons. The summed E-state index contributed by atoms with van der Waals surface area (Å²) >= 11 is 0. The minimum atomic E-state index is -3.43. The van der Waals surface area contributed by atoms with Crippen LogP contribution in [-0.2, 0) is 40.9 Å². The summed E-state index contributed by atoms with van der Waals surface area (Å²) in [5.74, 6) is 5.21. The second-order valence-electron chi connectivity index (χ2n) is 8.76. The van der Waals surface area contributed by atoms with E-state index in [2.05, 4.69) is 32.8 Å². The Morgan fingerprint density at radius 1 is 1.17 bits per heavy atom. The number of hydrogen-bond acceptors (Lipinski definition) is 7. The number of ether oxygens (including phenoxy) is 1. The molecule has 4 rings (SSSR count). The number of benzene rings is 2. The molecule has 1 N–H and O–H groups in total. The predicted octanol–water partition coefficient (Wildman–Crippen LogP) is 3.56. The number of aromatic nitrogens is 2. The molecule has 36 heavy (non-hydrogen) atoms. The van der Waals surface area contributed by atoms with Gasteiger partial charge in [-0.1, -0.05) is 42.3 Å². The van der Waals surface area contributed by atoms with Crippen molar-refractivity contribution in [3.63, 3.8) is 0 Å². The maximum atomic E-state index is 11.7. The molecule has 1 aromatic heterocycles. The molecule has 0 amide bonds. The number of rotatable bonds is 9. The van der Waals surface area contributed by atoms with Gasteiger partial charge in [0, 0.05) is 37.7 Å². The highest BCUT2D eigenvalue weighted by molar-refractivity contribution is 7.90. The lowest BCUT2D eigenvalue weighted by Crippen LogP contribution is -2.16. The normalized spacial score (nSPS) is 13.9. The van der Waals surface area contributed by atoms with Crippen LogP contribution in [0.1, 0.15) is 47.2 Å². The van der Waals surface area contributed by atoms with Crippen molar-refractivity contribution in [3.8, 4) is 17.6 Å². The Hall–Kier alpha value is -3.74. The van der Waals surface area contributed by atoms with Gasteiger partial charge in [0.2, 0.25) is 15.0 Å². The Balaban J connectivity index is 1.35. The first-order chi connectivity index (χ1) is 17.2. The van der Waals surface area contributed by atoms with Gasteiger partial charge in [-0.2, -0.15) is 0 Å². The molecule has 0 fully saturated rings. The largest absolute Gasteiger partial charge is 0.489 e. The topological polar surface area (TPSA) is 110 Å². The van der Waals surface area contributed by atoms with E-state index in [-0.39, 0.29) is 17.5 Å². The van der Waals surface area contributed by atoms with Gasteiger partial charge < -0.3 is 9.84 Å². The van der Waals surface area contributed by atoms with E-state index >= 15 is 0 Å². The fraction of sp³-hybridized carbons (Fsp3) is 0.296. The number of sulfone groups is 1. The van der Waals surface area contributed by atoms with Crippen molar-refractivity contribution in [2.24, 2.45) is 0 Å². The van der Waals surface area contributed by atoms with Crippen LogP contribution in [0.25, 0.3) is 0 Å². The summed E-state index contributed by atoms with van der Waals surface area (Å²) in [5.41, 5.74) is 4.68. The van der Waals surface area contributed by atoms with E-state index in [9.17, 15) is 13.2 Å². The van der Waals surface area contributed by atoms with Gasteiger partial charge in [-0.3, -0.25) is 9.69 Å². The van der Waals surface area contributed by atoms with Crippen LogP contribution in [0.5, 0.6) is 5.75 Å². The molecule has 0 saturated carbocycles. The molecule has 0 bridgehead atoms. The lowest BCUT2D eigenvalue weighted by atomic mass is 9.96. The highest BCUT2D eigenvalue weighted by Crippen LogP contribution is 2.25. The van der Waals surface area contributed by atoms with Crippen LogP contribution < -0.4 is 4.74 Å². The third-order valence-electron chi connectivity index (χ3n) is 5.81. The maximum absolute atomic E-state index is 11.7. The first-order valence-corrected chi connectivity index (χ1v) is 13.3. The number of carboxylic acid groups (broad SMARTS) is 1. The van der Waals surface area contributed by atoms with Crippen LogP contribution in [0.15, 0.2) is 59.9 Å². The van der Waals surface area contributed by atoms with Crippen LogP contribution in [0.4, 0.5) is 0 Å². The highest BCUT2D eigenvalue weighted by Gasteiger charge is 2.23. The third kappa shape index (κ3) is 6.47. The standard InChI is InChI=1S/C27H27N3O5S/c1-3-5-22(13-26(31)32)21-8-10-24(11-9-21)35-18-20-7-4-6-19(12-20)15-30-16-23-14-28-27(36(2,33)34)29-25(23)17-30/h4,6-12,14,22H,13,15-18H2,1-2H3,(H,31,32). The first-order valence-electron chi connectivity index (χ1n) is 11.4. The minimum Gasteiger partial charge on any atom is -0.489 e.